The smallest absolute Gasteiger partial charge is 0.339 e. The summed E-state index contributed by atoms with van der Waals surface area (Å²) in [6.07, 6.45) is 11.3. The summed E-state index contributed by atoms with van der Waals surface area (Å²) in [6, 6.07) is 5.58. The van der Waals surface area contributed by atoms with Gasteiger partial charge in [-0.15, -0.1) is 0 Å². The topological polar surface area (TPSA) is 39.2 Å². The maximum absolute atomic E-state index is 12.4. The Hall–Kier alpha value is -2.42. The van der Waals surface area contributed by atoms with E-state index in [4.69, 9.17) is 4.74 Å². The first-order valence-electron chi connectivity index (χ1n) is 6.54. The summed E-state index contributed by atoms with van der Waals surface area (Å²) in [5, 5.41) is 0. The van der Waals surface area contributed by atoms with E-state index in [1.807, 2.05) is 62.4 Å². The van der Waals surface area contributed by atoms with Crippen LogP contribution in [0.15, 0.2) is 71.5 Å². The molecule has 0 radical (unpaired) electrons. The van der Waals surface area contributed by atoms with Crippen LogP contribution >= 0.6 is 0 Å². The van der Waals surface area contributed by atoms with Gasteiger partial charge < -0.3 is 4.74 Å². The van der Waals surface area contributed by atoms with Gasteiger partial charge in [-0.05, 0) is 43.2 Å². The number of hydrogen-bond donors (Lipinski definition) is 0. The van der Waals surface area contributed by atoms with Crippen molar-refractivity contribution in [2.45, 2.75) is 19.4 Å². The molecule has 0 saturated carbocycles. The molecule has 1 aromatic rings. The first kappa shape index (κ1) is 12.6. The minimum Gasteiger partial charge on any atom is -0.450 e. The Morgan fingerprint density at radius 3 is 2.80 bits per heavy atom. The Labute approximate surface area is 118 Å². The number of ether oxygens (including phenoxy) is 1. The second-order valence-corrected chi connectivity index (χ2v) is 5.26. The van der Waals surface area contributed by atoms with Crippen molar-refractivity contribution >= 4 is 5.97 Å². The van der Waals surface area contributed by atoms with Gasteiger partial charge in [0.25, 0.3) is 0 Å². The largest absolute Gasteiger partial charge is 0.450 e. The minimum absolute atomic E-state index is 0.318. The van der Waals surface area contributed by atoms with Crippen molar-refractivity contribution in [2.24, 2.45) is 0 Å². The fourth-order valence-corrected chi connectivity index (χ4v) is 2.32. The van der Waals surface area contributed by atoms with Crippen molar-refractivity contribution in [1.82, 2.24) is 4.98 Å². The number of aromatic nitrogens is 1. The maximum Gasteiger partial charge on any atom is 0.339 e. The highest BCUT2D eigenvalue weighted by Gasteiger charge is 2.30. The number of carbonyl (C=O) groups excluding carboxylic acids is 1. The van der Waals surface area contributed by atoms with Gasteiger partial charge in [0.1, 0.15) is 5.60 Å². The summed E-state index contributed by atoms with van der Waals surface area (Å²) >= 11 is 0. The van der Waals surface area contributed by atoms with E-state index in [2.05, 4.69) is 4.98 Å². The number of fused-ring (bicyclic) bond motifs is 1. The van der Waals surface area contributed by atoms with E-state index < -0.39 is 5.60 Å². The average molecular weight is 265 g/mol. The summed E-state index contributed by atoms with van der Waals surface area (Å²) in [6.45, 7) is 3.69. The fourth-order valence-electron chi connectivity index (χ4n) is 2.32. The SMILES string of the molecule is CC(C)(OC(=O)C1=C2C=CC=C2C=C1)c1ccccn1. The molecule has 20 heavy (non-hydrogen) atoms. The van der Waals surface area contributed by atoms with Crippen LogP contribution in [0.4, 0.5) is 0 Å². The first-order valence-corrected chi connectivity index (χ1v) is 6.54. The van der Waals surface area contributed by atoms with Crippen LogP contribution in [0.1, 0.15) is 19.5 Å². The van der Waals surface area contributed by atoms with Gasteiger partial charge in [-0.3, -0.25) is 4.98 Å². The Balaban J connectivity index is 1.84. The molecule has 0 N–H and O–H groups in total. The highest BCUT2D eigenvalue weighted by molar-refractivity contribution is 5.97. The monoisotopic (exact) mass is 265 g/mol. The maximum atomic E-state index is 12.4. The van der Waals surface area contributed by atoms with E-state index in [0.717, 1.165) is 16.8 Å². The van der Waals surface area contributed by atoms with Gasteiger partial charge in [-0.1, -0.05) is 30.4 Å². The normalized spacial score (nSPS) is 16.4. The number of nitrogens with zero attached hydrogens (tertiary/aromatic N) is 1. The molecule has 0 amide bonds. The van der Waals surface area contributed by atoms with E-state index in [1.165, 1.54) is 0 Å². The molecule has 0 unspecified atom stereocenters. The molecule has 3 rings (SSSR count). The molecule has 0 atom stereocenters. The molecule has 0 aromatic carbocycles. The van der Waals surface area contributed by atoms with Gasteiger partial charge in [-0.2, -0.15) is 0 Å². The number of allylic oxidation sites excluding steroid dienone is 6. The van der Waals surface area contributed by atoms with E-state index in [1.54, 1.807) is 6.20 Å². The number of esters is 1. The summed E-state index contributed by atoms with van der Waals surface area (Å²) in [5.41, 5.74) is 2.58. The van der Waals surface area contributed by atoms with Crippen molar-refractivity contribution in [2.75, 3.05) is 0 Å². The Kier molecular flexibility index (Phi) is 2.90. The quantitative estimate of drug-likeness (QED) is 0.788. The van der Waals surface area contributed by atoms with E-state index in [9.17, 15) is 4.79 Å². The summed E-state index contributed by atoms with van der Waals surface area (Å²) in [5.74, 6) is -0.318. The highest BCUT2D eigenvalue weighted by Crippen LogP contribution is 2.32. The summed E-state index contributed by atoms with van der Waals surface area (Å²) < 4.78 is 5.64. The number of carbonyl (C=O) groups is 1. The predicted octanol–water partition coefficient (Wildman–Crippen LogP) is 3.22. The molecule has 2 aliphatic rings. The molecule has 1 aromatic heterocycles. The fraction of sp³-hybridized carbons (Fsp3) is 0.176. The van der Waals surface area contributed by atoms with E-state index in [0.29, 0.717) is 5.57 Å². The van der Waals surface area contributed by atoms with Crippen LogP contribution in [0.3, 0.4) is 0 Å². The lowest BCUT2D eigenvalue weighted by Gasteiger charge is -2.24. The zero-order chi connectivity index (χ0) is 14.2. The van der Waals surface area contributed by atoms with Crippen LogP contribution in [0.25, 0.3) is 0 Å². The van der Waals surface area contributed by atoms with Crippen LogP contribution in [-0.2, 0) is 15.1 Å². The molecule has 100 valence electrons. The molecule has 0 bridgehead atoms. The van der Waals surface area contributed by atoms with Gasteiger partial charge in [0.2, 0.25) is 0 Å². The Morgan fingerprint density at radius 2 is 2.05 bits per heavy atom. The summed E-state index contributed by atoms with van der Waals surface area (Å²) in [4.78, 5) is 16.6. The van der Waals surface area contributed by atoms with Crippen LogP contribution in [0, 0.1) is 0 Å². The van der Waals surface area contributed by atoms with Gasteiger partial charge >= 0.3 is 5.97 Å². The number of hydrogen-bond acceptors (Lipinski definition) is 3. The second-order valence-electron chi connectivity index (χ2n) is 5.26. The molecular formula is C17H15NO2. The second kappa shape index (κ2) is 4.60. The molecule has 2 aliphatic carbocycles. The van der Waals surface area contributed by atoms with Crippen molar-refractivity contribution in [3.8, 4) is 0 Å². The zero-order valence-electron chi connectivity index (χ0n) is 11.5. The van der Waals surface area contributed by atoms with E-state index >= 15 is 0 Å². The molecule has 3 heteroatoms. The molecule has 1 heterocycles. The number of pyridine rings is 1. The van der Waals surface area contributed by atoms with Gasteiger partial charge in [0, 0.05) is 6.20 Å². The van der Waals surface area contributed by atoms with Gasteiger partial charge in [-0.25, -0.2) is 4.79 Å². The zero-order valence-corrected chi connectivity index (χ0v) is 11.5. The lowest BCUT2D eigenvalue weighted by atomic mass is 10.0. The third-order valence-electron chi connectivity index (χ3n) is 3.42. The minimum atomic E-state index is -0.755. The molecule has 0 spiro atoms. The number of rotatable bonds is 3. The lowest BCUT2D eigenvalue weighted by Crippen LogP contribution is -2.27. The molecule has 0 saturated heterocycles. The average Bonchev–Trinajstić information content (AvgIpc) is 3.01. The van der Waals surface area contributed by atoms with Crippen LogP contribution < -0.4 is 0 Å². The van der Waals surface area contributed by atoms with Crippen LogP contribution in [0.5, 0.6) is 0 Å². The highest BCUT2D eigenvalue weighted by atomic mass is 16.6. The molecule has 0 fully saturated rings. The van der Waals surface area contributed by atoms with E-state index in [-0.39, 0.29) is 5.97 Å². The van der Waals surface area contributed by atoms with Crippen molar-refractivity contribution in [1.29, 1.82) is 0 Å². The first-order chi connectivity index (χ1) is 9.58. The summed E-state index contributed by atoms with van der Waals surface area (Å²) in [7, 11) is 0. The molecular weight excluding hydrogens is 250 g/mol. The Morgan fingerprint density at radius 1 is 1.20 bits per heavy atom. The van der Waals surface area contributed by atoms with Crippen LogP contribution in [-0.4, -0.2) is 11.0 Å². The van der Waals surface area contributed by atoms with Gasteiger partial charge in [0.05, 0.1) is 11.3 Å². The molecule has 0 aliphatic heterocycles. The third kappa shape index (κ3) is 2.11. The standard InChI is InChI=1S/C17H15NO2/c1-17(2,15-8-3-4-11-18-15)20-16(19)14-10-9-12-6-5-7-13(12)14/h3-11H,1-2H3. The predicted molar refractivity (Wildman–Crippen MR) is 76.7 cm³/mol. The van der Waals surface area contributed by atoms with Crippen LogP contribution in [0.2, 0.25) is 0 Å². The van der Waals surface area contributed by atoms with Crippen molar-refractivity contribution in [3.63, 3.8) is 0 Å². The third-order valence-corrected chi connectivity index (χ3v) is 3.42. The van der Waals surface area contributed by atoms with Crippen molar-refractivity contribution < 1.29 is 9.53 Å². The van der Waals surface area contributed by atoms with Crippen molar-refractivity contribution in [3.05, 3.63) is 77.2 Å². The Bertz CT molecular complexity index is 676. The lowest BCUT2D eigenvalue weighted by molar-refractivity contribution is -0.152. The van der Waals surface area contributed by atoms with Gasteiger partial charge in [0.15, 0.2) is 0 Å². The molecule has 3 nitrogen and oxygen atoms in total.